The lowest BCUT2D eigenvalue weighted by atomic mass is 10.2. The van der Waals surface area contributed by atoms with Crippen LogP contribution in [-0.2, 0) is 4.79 Å². The summed E-state index contributed by atoms with van der Waals surface area (Å²) in [7, 11) is 1.68. The van der Waals surface area contributed by atoms with Crippen LogP contribution in [0.25, 0.3) is 0 Å². The van der Waals surface area contributed by atoms with E-state index in [1.807, 2.05) is 13.0 Å². The highest BCUT2D eigenvalue weighted by Gasteiger charge is 2.08. The van der Waals surface area contributed by atoms with Crippen molar-refractivity contribution in [2.45, 2.75) is 6.92 Å². The molecule has 0 aliphatic heterocycles. The van der Waals surface area contributed by atoms with Gasteiger partial charge in [-0.05, 0) is 25.1 Å². The third-order valence-corrected chi connectivity index (χ3v) is 2.43. The van der Waals surface area contributed by atoms with E-state index in [0.717, 1.165) is 6.07 Å². The van der Waals surface area contributed by atoms with Gasteiger partial charge in [0.2, 0.25) is 5.91 Å². The molecule has 0 aromatic heterocycles. The van der Waals surface area contributed by atoms with Crippen LogP contribution in [0, 0.1) is 17.1 Å². The Hall–Kier alpha value is -2.09. The lowest BCUT2D eigenvalue weighted by molar-refractivity contribution is -0.127. The largest absolute Gasteiger partial charge is 0.374 e. The smallest absolute Gasteiger partial charge is 0.241 e. The molecule has 0 saturated carbocycles. The minimum Gasteiger partial charge on any atom is -0.374 e. The van der Waals surface area contributed by atoms with Gasteiger partial charge in [0.15, 0.2) is 0 Å². The number of halogens is 1. The topological polar surface area (TPSA) is 56.1 Å². The van der Waals surface area contributed by atoms with Crippen molar-refractivity contribution in [3.63, 3.8) is 0 Å². The summed E-state index contributed by atoms with van der Waals surface area (Å²) in [5.74, 6) is -0.646. The number of amides is 1. The molecule has 90 valence electrons. The highest BCUT2D eigenvalue weighted by atomic mass is 19.1. The lowest BCUT2D eigenvalue weighted by Crippen LogP contribution is -2.32. The zero-order valence-corrected chi connectivity index (χ0v) is 9.83. The zero-order valence-electron chi connectivity index (χ0n) is 9.83. The van der Waals surface area contributed by atoms with Crippen molar-refractivity contribution >= 4 is 11.6 Å². The van der Waals surface area contributed by atoms with Crippen LogP contribution < -0.4 is 5.32 Å². The van der Waals surface area contributed by atoms with Crippen molar-refractivity contribution in [2.24, 2.45) is 0 Å². The van der Waals surface area contributed by atoms with Crippen LogP contribution in [0.1, 0.15) is 12.5 Å². The average molecular weight is 235 g/mol. The first-order valence-electron chi connectivity index (χ1n) is 5.26. The second kappa shape index (κ2) is 5.85. The number of rotatable bonds is 4. The minimum atomic E-state index is -0.531. The maximum absolute atomic E-state index is 13.4. The molecule has 0 unspecified atom stereocenters. The summed E-state index contributed by atoms with van der Waals surface area (Å²) in [6.45, 7) is 2.50. The van der Waals surface area contributed by atoms with Gasteiger partial charge in [-0.25, -0.2) is 4.39 Å². The van der Waals surface area contributed by atoms with E-state index in [-0.39, 0.29) is 23.7 Å². The highest BCUT2D eigenvalue weighted by Crippen LogP contribution is 2.14. The van der Waals surface area contributed by atoms with E-state index < -0.39 is 5.82 Å². The molecule has 0 atom stereocenters. The first kappa shape index (κ1) is 13.0. The van der Waals surface area contributed by atoms with Crippen LogP contribution in [0.4, 0.5) is 10.1 Å². The fourth-order valence-electron chi connectivity index (χ4n) is 1.21. The van der Waals surface area contributed by atoms with E-state index in [9.17, 15) is 9.18 Å². The van der Waals surface area contributed by atoms with Crippen LogP contribution in [0.15, 0.2) is 18.2 Å². The van der Waals surface area contributed by atoms with Crippen molar-refractivity contribution < 1.29 is 9.18 Å². The summed E-state index contributed by atoms with van der Waals surface area (Å²) >= 11 is 0. The second-order valence-corrected chi connectivity index (χ2v) is 3.57. The number of benzene rings is 1. The first-order valence-corrected chi connectivity index (χ1v) is 5.26. The Morgan fingerprint density at radius 3 is 2.82 bits per heavy atom. The van der Waals surface area contributed by atoms with E-state index in [4.69, 9.17) is 5.26 Å². The summed E-state index contributed by atoms with van der Waals surface area (Å²) in [5, 5.41) is 11.3. The summed E-state index contributed by atoms with van der Waals surface area (Å²) in [6.07, 6.45) is 0. The van der Waals surface area contributed by atoms with E-state index in [2.05, 4.69) is 5.32 Å². The number of hydrogen-bond acceptors (Lipinski definition) is 3. The Balaban J connectivity index is 2.65. The van der Waals surface area contributed by atoms with Crippen LogP contribution >= 0.6 is 0 Å². The van der Waals surface area contributed by atoms with Gasteiger partial charge < -0.3 is 10.2 Å². The quantitative estimate of drug-likeness (QED) is 0.862. The highest BCUT2D eigenvalue weighted by molar-refractivity contribution is 5.80. The van der Waals surface area contributed by atoms with Gasteiger partial charge in [0.25, 0.3) is 0 Å². The predicted octanol–water partition coefficient (Wildman–Crippen LogP) is 1.59. The molecule has 1 amide bonds. The Morgan fingerprint density at radius 2 is 2.29 bits per heavy atom. The molecule has 1 rings (SSSR count). The Kier molecular flexibility index (Phi) is 4.46. The van der Waals surface area contributed by atoms with Gasteiger partial charge in [0, 0.05) is 13.6 Å². The van der Waals surface area contributed by atoms with Crippen LogP contribution in [-0.4, -0.2) is 30.9 Å². The standard InChI is InChI=1S/C12H14FN3O/c1-3-16(2)12(17)8-15-11-5-4-9(7-14)6-10(11)13/h4-6,15H,3,8H2,1-2H3. The van der Waals surface area contributed by atoms with Crippen LogP contribution in [0.2, 0.25) is 0 Å². The van der Waals surface area contributed by atoms with Crippen LogP contribution in [0.5, 0.6) is 0 Å². The van der Waals surface area contributed by atoms with Crippen molar-refractivity contribution in [3.05, 3.63) is 29.6 Å². The Morgan fingerprint density at radius 1 is 1.59 bits per heavy atom. The number of likely N-dealkylation sites (N-methyl/N-ethyl adjacent to an activating group) is 1. The normalized spacial score (nSPS) is 9.53. The van der Waals surface area contributed by atoms with Gasteiger partial charge in [-0.1, -0.05) is 0 Å². The molecule has 0 bridgehead atoms. The van der Waals surface area contributed by atoms with E-state index in [1.165, 1.54) is 17.0 Å². The van der Waals surface area contributed by atoms with Crippen molar-refractivity contribution in [1.82, 2.24) is 4.90 Å². The molecular weight excluding hydrogens is 221 g/mol. The second-order valence-electron chi connectivity index (χ2n) is 3.57. The molecule has 0 aliphatic carbocycles. The molecule has 0 radical (unpaired) electrons. The summed E-state index contributed by atoms with van der Waals surface area (Å²) in [4.78, 5) is 13.0. The molecule has 1 N–H and O–H groups in total. The van der Waals surface area contributed by atoms with Gasteiger partial charge >= 0.3 is 0 Å². The fraction of sp³-hybridized carbons (Fsp3) is 0.333. The maximum Gasteiger partial charge on any atom is 0.241 e. The SMILES string of the molecule is CCN(C)C(=O)CNc1ccc(C#N)cc1F. The molecule has 0 aliphatic rings. The third-order valence-electron chi connectivity index (χ3n) is 2.43. The van der Waals surface area contributed by atoms with Crippen molar-refractivity contribution in [1.29, 1.82) is 5.26 Å². The molecular formula is C12H14FN3O. The first-order chi connectivity index (χ1) is 8.08. The van der Waals surface area contributed by atoms with Crippen LogP contribution in [0.3, 0.4) is 0 Å². The average Bonchev–Trinajstić information content (AvgIpc) is 2.35. The minimum absolute atomic E-state index is 0.0349. The van der Waals surface area contributed by atoms with Gasteiger partial charge in [0.1, 0.15) is 5.82 Å². The van der Waals surface area contributed by atoms with Crippen molar-refractivity contribution in [2.75, 3.05) is 25.5 Å². The van der Waals surface area contributed by atoms with Gasteiger partial charge in [-0.2, -0.15) is 5.26 Å². The number of nitriles is 1. The Bertz CT molecular complexity index is 454. The summed E-state index contributed by atoms with van der Waals surface area (Å²) < 4.78 is 13.4. The molecule has 5 heteroatoms. The Labute approximate surface area is 99.7 Å². The number of anilines is 1. The van der Waals surface area contributed by atoms with Gasteiger partial charge in [0.05, 0.1) is 23.9 Å². The van der Waals surface area contributed by atoms with E-state index in [1.54, 1.807) is 7.05 Å². The molecule has 0 spiro atoms. The number of nitrogens with zero attached hydrogens (tertiary/aromatic N) is 2. The lowest BCUT2D eigenvalue weighted by Gasteiger charge is -2.15. The molecule has 1 aromatic carbocycles. The number of carbonyl (C=O) groups is 1. The number of carbonyl (C=O) groups excluding carboxylic acids is 1. The zero-order chi connectivity index (χ0) is 12.8. The molecule has 0 fully saturated rings. The molecule has 0 heterocycles. The van der Waals surface area contributed by atoms with Crippen molar-refractivity contribution in [3.8, 4) is 6.07 Å². The predicted molar refractivity (Wildman–Crippen MR) is 62.9 cm³/mol. The molecule has 17 heavy (non-hydrogen) atoms. The summed E-state index contributed by atoms with van der Waals surface area (Å²) in [5.41, 5.74) is 0.479. The summed E-state index contributed by atoms with van der Waals surface area (Å²) in [6, 6.07) is 5.93. The van der Waals surface area contributed by atoms with Gasteiger partial charge in [-0.3, -0.25) is 4.79 Å². The maximum atomic E-state index is 13.4. The molecule has 0 saturated heterocycles. The monoisotopic (exact) mass is 235 g/mol. The fourth-order valence-corrected chi connectivity index (χ4v) is 1.21. The molecule has 1 aromatic rings. The van der Waals surface area contributed by atoms with E-state index >= 15 is 0 Å². The number of hydrogen-bond donors (Lipinski definition) is 1. The third kappa shape index (κ3) is 3.45. The number of nitrogens with one attached hydrogen (secondary N) is 1. The molecule has 4 nitrogen and oxygen atoms in total. The van der Waals surface area contributed by atoms with Gasteiger partial charge in [-0.15, -0.1) is 0 Å². The van der Waals surface area contributed by atoms with E-state index in [0.29, 0.717) is 6.54 Å².